The van der Waals surface area contributed by atoms with Gasteiger partial charge in [0, 0.05) is 36.6 Å². The molecule has 0 aliphatic carbocycles. The van der Waals surface area contributed by atoms with Crippen LogP contribution in [0.5, 0.6) is 0 Å². The molecule has 0 aliphatic rings. The molecule has 0 fully saturated rings. The van der Waals surface area contributed by atoms with E-state index in [0.717, 1.165) is 20.9 Å². The van der Waals surface area contributed by atoms with Crippen LogP contribution in [0.2, 0.25) is 0 Å². The number of nitrogens with zero attached hydrogens (tertiary/aromatic N) is 3. The molecule has 0 spiro atoms. The first kappa shape index (κ1) is 20.2. The molecule has 0 atom stereocenters. The van der Waals surface area contributed by atoms with Gasteiger partial charge in [-0.2, -0.15) is 5.10 Å². The Morgan fingerprint density at radius 1 is 1.20 bits per heavy atom. The molecule has 154 valence electrons. The highest BCUT2D eigenvalue weighted by Gasteiger charge is 2.18. The fraction of sp³-hybridized carbons (Fsp3) is 0.150. The summed E-state index contributed by atoms with van der Waals surface area (Å²) in [5.74, 6) is -0.223. The first-order chi connectivity index (χ1) is 14.3. The van der Waals surface area contributed by atoms with E-state index in [1.165, 1.54) is 37.6 Å². The lowest BCUT2D eigenvalue weighted by atomic mass is 10.1. The van der Waals surface area contributed by atoms with Crippen LogP contribution < -0.4 is 5.32 Å². The topological polar surface area (TPSA) is 108 Å². The average Bonchev–Trinajstić information content (AvgIpc) is 3.34. The first-order valence-electron chi connectivity index (χ1n) is 9.04. The molecule has 1 amide bonds. The van der Waals surface area contributed by atoms with E-state index >= 15 is 0 Å². The van der Waals surface area contributed by atoms with Gasteiger partial charge in [0.1, 0.15) is 0 Å². The van der Waals surface area contributed by atoms with Crippen molar-refractivity contribution < 1.29 is 13.2 Å². The molecule has 0 radical (unpaired) electrons. The molecule has 4 aromatic rings. The molecule has 0 bridgehead atoms. The highest BCUT2D eigenvalue weighted by molar-refractivity contribution is 7.89. The largest absolute Gasteiger partial charge is 0.317 e. The molecule has 0 saturated heterocycles. The Labute approximate surface area is 177 Å². The molecule has 3 aromatic heterocycles. The van der Waals surface area contributed by atoms with Gasteiger partial charge < -0.3 is 5.32 Å². The Kier molecular flexibility index (Phi) is 5.37. The molecule has 2 N–H and O–H groups in total. The van der Waals surface area contributed by atoms with Gasteiger partial charge in [-0.25, -0.2) is 17.7 Å². The molecule has 4 rings (SSSR count). The quantitative estimate of drug-likeness (QED) is 0.478. The lowest BCUT2D eigenvalue weighted by Crippen LogP contribution is -2.22. The molecule has 0 aliphatic heterocycles. The smallest absolute Gasteiger partial charge is 0.242 e. The summed E-state index contributed by atoms with van der Waals surface area (Å²) in [4.78, 5) is 16.9. The van der Waals surface area contributed by atoms with Crippen molar-refractivity contribution in [3.8, 4) is 11.3 Å². The number of nitrogens with one attached hydrogen (secondary N) is 2. The fourth-order valence-corrected chi connectivity index (χ4v) is 4.78. The standard InChI is InChI=1S/C20H19N5O3S2/c1-25(2)30(27,28)15-6-3-5-13(9-15)10-17(26)22-18-11-14(12-29-18)19-16-7-4-8-21-20(16)24-23-19/h3-9,11-12H,10H2,1-2H3,(H,22,26)(H,21,23,24). The molecule has 0 unspecified atom stereocenters. The van der Waals surface area contributed by atoms with Crippen molar-refractivity contribution in [3.63, 3.8) is 0 Å². The fourth-order valence-electron chi connectivity index (χ4n) is 3.00. The predicted octanol–water partition coefficient (Wildman–Crippen LogP) is 3.12. The Hall–Kier alpha value is -3.08. The number of hydrogen-bond donors (Lipinski definition) is 2. The molecular formula is C20H19N5O3S2. The number of benzene rings is 1. The second-order valence-electron chi connectivity index (χ2n) is 6.83. The van der Waals surface area contributed by atoms with Crippen molar-refractivity contribution in [2.45, 2.75) is 11.3 Å². The van der Waals surface area contributed by atoms with Crippen molar-refractivity contribution >= 4 is 43.3 Å². The number of amides is 1. The van der Waals surface area contributed by atoms with Gasteiger partial charge in [0.05, 0.1) is 22.0 Å². The lowest BCUT2D eigenvalue weighted by Gasteiger charge is -2.12. The van der Waals surface area contributed by atoms with Crippen LogP contribution in [0.15, 0.2) is 58.9 Å². The number of sulfonamides is 1. The summed E-state index contributed by atoms with van der Waals surface area (Å²) in [5.41, 5.74) is 3.01. The molecule has 10 heteroatoms. The van der Waals surface area contributed by atoms with E-state index in [-0.39, 0.29) is 17.2 Å². The number of H-pyrrole nitrogens is 1. The molecule has 8 nitrogen and oxygen atoms in total. The number of pyridine rings is 1. The minimum absolute atomic E-state index is 0.0704. The normalized spacial score (nSPS) is 11.8. The summed E-state index contributed by atoms with van der Waals surface area (Å²) >= 11 is 1.40. The number of fused-ring (bicyclic) bond motifs is 1. The van der Waals surface area contributed by atoms with E-state index in [2.05, 4.69) is 20.5 Å². The number of aromatic nitrogens is 3. The van der Waals surface area contributed by atoms with Gasteiger partial charge in [-0.3, -0.25) is 9.89 Å². The Bertz CT molecular complexity index is 1320. The van der Waals surface area contributed by atoms with Crippen LogP contribution in [0.3, 0.4) is 0 Å². The van der Waals surface area contributed by atoms with Gasteiger partial charge in [-0.15, -0.1) is 11.3 Å². The van der Waals surface area contributed by atoms with E-state index in [9.17, 15) is 13.2 Å². The molecule has 0 saturated carbocycles. The summed E-state index contributed by atoms with van der Waals surface area (Å²) in [6, 6.07) is 12.1. The first-order valence-corrected chi connectivity index (χ1v) is 11.4. The van der Waals surface area contributed by atoms with Crippen molar-refractivity contribution in [3.05, 3.63) is 59.6 Å². The van der Waals surface area contributed by atoms with Gasteiger partial charge in [-0.1, -0.05) is 12.1 Å². The number of aromatic amines is 1. The van der Waals surface area contributed by atoms with E-state index in [1.807, 2.05) is 23.6 Å². The maximum Gasteiger partial charge on any atom is 0.242 e. The summed E-state index contributed by atoms with van der Waals surface area (Å²) in [6.45, 7) is 0. The Balaban J connectivity index is 1.48. The summed E-state index contributed by atoms with van der Waals surface area (Å²) in [6.07, 6.45) is 1.76. The van der Waals surface area contributed by atoms with Crippen LogP contribution in [-0.2, 0) is 21.2 Å². The van der Waals surface area contributed by atoms with Crippen molar-refractivity contribution in [1.29, 1.82) is 0 Å². The van der Waals surface area contributed by atoms with Gasteiger partial charge in [0.25, 0.3) is 0 Å². The second kappa shape index (κ2) is 7.98. The average molecular weight is 442 g/mol. The molecular weight excluding hydrogens is 422 g/mol. The number of hydrogen-bond acceptors (Lipinski definition) is 6. The van der Waals surface area contributed by atoms with Crippen LogP contribution in [0.4, 0.5) is 5.00 Å². The van der Waals surface area contributed by atoms with Gasteiger partial charge in [0.2, 0.25) is 15.9 Å². The highest BCUT2D eigenvalue weighted by atomic mass is 32.2. The van der Waals surface area contributed by atoms with E-state index in [4.69, 9.17) is 0 Å². The predicted molar refractivity (Wildman–Crippen MR) is 117 cm³/mol. The SMILES string of the molecule is CN(C)S(=O)(=O)c1cccc(CC(=O)Nc2cc(-c3[nH]nc4ncccc34)cs2)c1. The number of thiophene rings is 1. The van der Waals surface area contributed by atoms with Crippen LogP contribution in [0.1, 0.15) is 5.56 Å². The molecule has 30 heavy (non-hydrogen) atoms. The van der Waals surface area contributed by atoms with Crippen LogP contribution in [0.25, 0.3) is 22.3 Å². The second-order valence-corrected chi connectivity index (χ2v) is 9.90. The van der Waals surface area contributed by atoms with E-state index in [1.54, 1.807) is 18.3 Å². The Morgan fingerprint density at radius 3 is 2.83 bits per heavy atom. The zero-order chi connectivity index (χ0) is 21.3. The van der Waals surface area contributed by atoms with Crippen molar-refractivity contribution in [2.75, 3.05) is 19.4 Å². The summed E-state index contributed by atoms with van der Waals surface area (Å²) < 4.78 is 25.7. The van der Waals surface area contributed by atoms with E-state index < -0.39 is 10.0 Å². The molecule has 1 aromatic carbocycles. The summed E-state index contributed by atoms with van der Waals surface area (Å²) in [5, 5.41) is 13.6. The maximum atomic E-state index is 12.5. The van der Waals surface area contributed by atoms with Crippen LogP contribution in [-0.4, -0.2) is 47.9 Å². The van der Waals surface area contributed by atoms with Crippen LogP contribution >= 0.6 is 11.3 Å². The molecule has 3 heterocycles. The van der Waals surface area contributed by atoms with Crippen molar-refractivity contribution in [2.24, 2.45) is 0 Å². The maximum absolute atomic E-state index is 12.5. The zero-order valence-corrected chi connectivity index (χ0v) is 17.9. The van der Waals surface area contributed by atoms with E-state index in [0.29, 0.717) is 16.2 Å². The third kappa shape index (κ3) is 3.97. The third-order valence-corrected chi connectivity index (χ3v) is 7.18. The third-order valence-electron chi connectivity index (χ3n) is 4.52. The lowest BCUT2D eigenvalue weighted by molar-refractivity contribution is -0.115. The van der Waals surface area contributed by atoms with Crippen LogP contribution in [0, 0.1) is 0 Å². The number of rotatable bonds is 6. The zero-order valence-electron chi connectivity index (χ0n) is 16.3. The summed E-state index contributed by atoms with van der Waals surface area (Å²) in [7, 11) is -0.596. The minimum Gasteiger partial charge on any atom is -0.317 e. The van der Waals surface area contributed by atoms with Gasteiger partial charge in [-0.05, 0) is 35.9 Å². The highest BCUT2D eigenvalue weighted by Crippen LogP contribution is 2.31. The monoisotopic (exact) mass is 441 g/mol. The number of anilines is 1. The van der Waals surface area contributed by atoms with Crippen molar-refractivity contribution in [1.82, 2.24) is 19.5 Å². The number of carbonyl (C=O) groups excluding carboxylic acids is 1. The number of carbonyl (C=O) groups is 1. The van der Waals surface area contributed by atoms with Gasteiger partial charge >= 0.3 is 0 Å². The minimum atomic E-state index is -3.54. The Morgan fingerprint density at radius 2 is 2.03 bits per heavy atom. The van der Waals surface area contributed by atoms with Gasteiger partial charge in [0.15, 0.2) is 5.65 Å².